The maximum atomic E-state index is 12.9. The van der Waals surface area contributed by atoms with E-state index < -0.39 is 22.7 Å². The van der Waals surface area contributed by atoms with Gasteiger partial charge in [-0.3, -0.25) is 4.79 Å². The molecule has 0 saturated heterocycles. The summed E-state index contributed by atoms with van der Waals surface area (Å²) in [6.45, 7) is 0. The first kappa shape index (κ1) is 21.0. The Kier molecular flexibility index (Phi) is 6.33. The molecule has 0 atom stereocenters. The Morgan fingerprint density at radius 1 is 1.17 bits per heavy atom. The van der Waals surface area contributed by atoms with Crippen LogP contribution in [0.3, 0.4) is 0 Å². The monoisotopic (exact) mass is 441 g/mol. The van der Waals surface area contributed by atoms with Crippen LogP contribution in [-0.4, -0.2) is 26.5 Å². The second-order valence-electron chi connectivity index (χ2n) is 5.96. The molecule has 0 aliphatic heterocycles. The molecule has 1 heterocycles. The van der Waals surface area contributed by atoms with E-state index in [9.17, 15) is 18.0 Å². The van der Waals surface area contributed by atoms with Crippen LogP contribution >= 0.6 is 23.4 Å². The first-order chi connectivity index (χ1) is 13.7. The highest BCUT2D eigenvalue weighted by Gasteiger charge is 2.33. The van der Waals surface area contributed by atoms with E-state index in [0.717, 1.165) is 29.5 Å². The molecule has 0 aliphatic carbocycles. The molecule has 0 radical (unpaired) electrons. The first-order valence-corrected chi connectivity index (χ1v) is 9.63. The van der Waals surface area contributed by atoms with Gasteiger partial charge in [0.05, 0.1) is 16.3 Å². The van der Waals surface area contributed by atoms with Crippen LogP contribution in [0.4, 0.5) is 18.9 Å². The summed E-state index contributed by atoms with van der Waals surface area (Å²) >= 11 is 6.59. The van der Waals surface area contributed by atoms with Gasteiger partial charge in [-0.25, -0.2) is 4.68 Å². The Hall–Kier alpha value is -2.72. The SMILES string of the molecule is Nn1c(Cc2ccccc2)nnc1SCC(=O)Nc1ccc(Cl)c(C(F)(F)F)c1. The van der Waals surface area contributed by atoms with E-state index in [4.69, 9.17) is 17.4 Å². The van der Waals surface area contributed by atoms with Gasteiger partial charge in [0.2, 0.25) is 11.1 Å². The van der Waals surface area contributed by atoms with E-state index in [1.165, 1.54) is 10.7 Å². The summed E-state index contributed by atoms with van der Waals surface area (Å²) < 4.78 is 40.0. The number of anilines is 1. The van der Waals surface area contributed by atoms with Crippen LogP contribution in [0.25, 0.3) is 0 Å². The van der Waals surface area contributed by atoms with Crippen molar-refractivity contribution in [2.75, 3.05) is 16.9 Å². The molecule has 0 unspecified atom stereocenters. The Balaban J connectivity index is 1.60. The van der Waals surface area contributed by atoms with Crippen molar-refractivity contribution >= 4 is 35.0 Å². The number of nitrogens with zero attached hydrogens (tertiary/aromatic N) is 3. The first-order valence-electron chi connectivity index (χ1n) is 8.26. The highest BCUT2D eigenvalue weighted by molar-refractivity contribution is 7.99. The standard InChI is InChI=1S/C18H15ClF3N5OS/c19-14-7-6-12(9-13(14)18(20,21)22)24-16(28)10-29-17-26-25-15(27(17)23)8-11-4-2-1-3-5-11/h1-7,9H,8,10,23H2,(H,24,28). The number of alkyl halides is 3. The van der Waals surface area contributed by atoms with Crippen molar-refractivity contribution < 1.29 is 18.0 Å². The number of nitrogens with one attached hydrogen (secondary N) is 1. The molecule has 0 spiro atoms. The van der Waals surface area contributed by atoms with Crippen LogP contribution in [0, 0.1) is 0 Å². The van der Waals surface area contributed by atoms with E-state index >= 15 is 0 Å². The molecule has 1 aromatic heterocycles. The summed E-state index contributed by atoms with van der Waals surface area (Å²) in [5, 5.41) is 10.3. The van der Waals surface area contributed by atoms with E-state index in [-0.39, 0.29) is 11.4 Å². The van der Waals surface area contributed by atoms with Gasteiger partial charge in [0.25, 0.3) is 0 Å². The lowest BCUT2D eigenvalue weighted by molar-refractivity contribution is -0.137. The van der Waals surface area contributed by atoms with Gasteiger partial charge in [-0.1, -0.05) is 53.7 Å². The number of thioether (sulfide) groups is 1. The van der Waals surface area contributed by atoms with Crippen LogP contribution in [-0.2, 0) is 17.4 Å². The Morgan fingerprint density at radius 2 is 1.90 bits per heavy atom. The second-order valence-corrected chi connectivity index (χ2v) is 7.31. The van der Waals surface area contributed by atoms with E-state index in [1.54, 1.807) is 0 Å². The van der Waals surface area contributed by atoms with E-state index in [0.29, 0.717) is 17.4 Å². The van der Waals surface area contributed by atoms with E-state index in [1.807, 2.05) is 30.3 Å². The highest BCUT2D eigenvalue weighted by atomic mass is 35.5. The molecular weight excluding hydrogens is 427 g/mol. The van der Waals surface area contributed by atoms with Gasteiger partial charge >= 0.3 is 6.18 Å². The lowest BCUT2D eigenvalue weighted by Gasteiger charge is -2.11. The van der Waals surface area contributed by atoms with Gasteiger partial charge < -0.3 is 11.2 Å². The third kappa shape index (κ3) is 5.42. The number of halogens is 4. The maximum Gasteiger partial charge on any atom is 0.417 e. The number of amides is 1. The molecule has 3 N–H and O–H groups in total. The molecule has 152 valence electrons. The number of hydrogen-bond acceptors (Lipinski definition) is 5. The number of rotatable bonds is 6. The number of nitrogens with two attached hydrogens (primary N) is 1. The molecule has 0 bridgehead atoms. The van der Waals surface area contributed by atoms with Crippen molar-refractivity contribution in [3.63, 3.8) is 0 Å². The van der Waals surface area contributed by atoms with Crippen molar-refractivity contribution in [3.05, 3.63) is 70.5 Å². The molecule has 0 aliphatic rings. The van der Waals surface area contributed by atoms with Crippen LogP contribution in [0.5, 0.6) is 0 Å². The molecule has 11 heteroatoms. The van der Waals surface area contributed by atoms with Crippen molar-refractivity contribution in [2.24, 2.45) is 0 Å². The number of hydrogen-bond donors (Lipinski definition) is 2. The fraction of sp³-hybridized carbons (Fsp3) is 0.167. The number of benzene rings is 2. The predicted octanol–water partition coefficient (Wildman–Crippen LogP) is 3.99. The minimum atomic E-state index is -4.61. The highest BCUT2D eigenvalue weighted by Crippen LogP contribution is 2.36. The molecule has 6 nitrogen and oxygen atoms in total. The van der Waals surface area contributed by atoms with Crippen molar-refractivity contribution in [3.8, 4) is 0 Å². The van der Waals surface area contributed by atoms with Crippen LogP contribution in [0.2, 0.25) is 5.02 Å². The molecular formula is C18H15ClF3N5OS. The summed E-state index contributed by atoms with van der Waals surface area (Å²) in [6, 6.07) is 12.7. The maximum absolute atomic E-state index is 12.9. The normalized spacial score (nSPS) is 11.4. The number of aromatic nitrogens is 3. The third-order valence-electron chi connectivity index (χ3n) is 3.83. The van der Waals surface area contributed by atoms with Gasteiger partial charge in [0.15, 0.2) is 5.82 Å². The molecule has 1 amide bonds. The molecule has 0 saturated carbocycles. The lowest BCUT2D eigenvalue weighted by Crippen LogP contribution is -2.18. The smallest absolute Gasteiger partial charge is 0.336 e. The van der Waals surface area contributed by atoms with Gasteiger partial charge in [-0.15, -0.1) is 10.2 Å². The zero-order chi connectivity index (χ0) is 21.0. The number of carbonyl (C=O) groups is 1. The summed E-state index contributed by atoms with van der Waals surface area (Å²) in [5.41, 5.74) is -0.0210. The van der Waals surface area contributed by atoms with Crippen LogP contribution in [0.15, 0.2) is 53.7 Å². The summed E-state index contributed by atoms with van der Waals surface area (Å²) in [5.74, 6) is 5.87. The average molecular weight is 442 g/mol. The minimum Gasteiger partial charge on any atom is -0.336 e. The topological polar surface area (TPSA) is 85.8 Å². The largest absolute Gasteiger partial charge is 0.417 e. The predicted molar refractivity (Wildman–Crippen MR) is 105 cm³/mol. The molecule has 0 fully saturated rings. The van der Waals surface area contributed by atoms with Crippen molar-refractivity contribution in [1.29, 1.82) is 0 Å². The zero-order valence-corrected chi connectivity index (χ0v) is 16.4. The Bertz CT molecular complexity index is 1010. The van der Waals surface area contributed by atoms with Gasteiger partial charge in [-0.05, 0) is 23.8 Å². The molecule has 2 aromatic carbocycles. The summed E-state index contributed by atoms with van der Waals surface area (Å²) in [6.07, 6.45) is -4.14. The zero-order valence-electron chi connectivity index (χ0n) is 14.8. The quantitative estimate of drug-likeness (QED) is 0.446. The fourth-order valence-corrected chi connectivity index (χ4v) is 3.35. The van der Waals surface area contributed by atoms with Gasteiger partial charge in [0, 0.05) is 12.1 Å². The van der Waals surface area contributed by atoms with E-state index in [2.05, 4.69) is 15.5 Å². The third-order valence-corrected chi connectivity index (χ3v) is 5.10. The Morgan fingerprint density at radius 3 is 2.59 bits per heavy atom. The second kappa shape index (κ2) is 8.75. The van der Waals surface area contributed by atoms with Gasteiger partial charge in [0.1, 0.15) is 0 Å². The number of nitrogen functional groups attached to an aromatic ring is 1. The van der Waals surface area contributed by atoms with Crippen LogP contribution in [0.1, 0.15) is 17.0 Å². The molecule has 3 rings (SSSR count). The minimum absolute atomic E-state index is 0.00805. The lowest BCUT2D eigenvalue weighted by atomic mass is 10.1. The van der Waals surface area contributed by atoms with Crippen molar-refractivity contribution in [2.45, 2.75) is 17.8 Å². The average Bonchev–Trinajstić information content (AvgIpc) is 3.01. The van der Waals surface area contributed by atoms with Gasteiger partial charge in [-0.2, -0.15) is 13.2 Å². The summed E-state index contributed by atoms with van der Waals surface area (Å²) in [7, 11) is 0. The Labute approximate surface area is 173 Å². The van der Waals surface area contributed by atoms with Crippen molar-refractivity contribution in [1.82, 2.24) is 14.9 Å². The fourth-order valence-electron chi connectivity index (χ4n) is 2.45. The summed E-state index contributed by atoms with van der Waals surface area (Å²) in [4.78, 5) is 12.1. The molecule has 29 heavy (non-hydrogen) atoms. The molecule has 3 aromatic rings. The number of carbonyl (C=O) groups excluding carboxylic acids is 1. The van der Waals surface area contributed by atoms with Crippen LogP contribution < -0.4 is 11.2 Å².